The van der Waals surface area contributed by atoms with Crippen molar-refractivity contribution in [3.05, 3.63) is 29.8 Å². The third-order valence-electron chi connectivity index (χ3n) is 3.45. The Morgan fingerprint density at radius 2 is 1.87 bits per heavy atom. The van der Waals surface area contributed by atoms with E-state index >= 15 is 0 Å². The highest BCUT2D eigenvalue weighted by atomic mass is 32.2. The van der Waals surface area contributed by atoms with E-state index in [0.717, 1.165) is 0 Å². The van der Waals surface area contributed by atoms with Crippen molar-refractivity contribution in [3.63, 3.8) is 0 Å². The molecule has 1 fully saturated rings. The third-order valence-corrected chi connectivity index (χ3v) is 4.54. The number of hydrogen-bond donors (Lipinski definition) is 2. The molecule has 23 heavy (non-hydrogen) atoms. The number of hydrogen-bond acceptors (Lipinski definition) is 7. The average molecular weight is 342 g/mol. The van der Waals surface area contributed by atoms with Crippen LogP contribution in [0.2, 0.25) is 0 Å². The van der Waals surface area contributed by atoms with Gasteiger partial charge in [-0.25, -0.2) is 0 Å². The normalized spacial score (nSPS) is 19.9. The maximum absolute atomic E-state index is 12.0. The van der Waals surface area contributed by atoms with Crippen LogP contribution in [0.5, 0.6) is 5.75 Å². The van der Waals surface area contributed by atoms with E-state index in [2.05, 4.69) is 0 Å². The van der Waals surface area contributed by atoms with Crippen LogP contribution < -0.4 is 5.11 Å². The molecule has 2 rings (SSSR count). The van der Waals surface area contributed by atoms with Gasteiger partial charge in [-0.1, -0.05) is 12.1 Å². The topological polar surface area (TPSA) is 152 Å². The van der Waals surface area contributed by atoms with Crippen LogP contribution in [-0.2, 0) is 30.9 Å². The van der Waals surface area contributed by atoms with E-state index in [-0.39, 0.29) is 12.2 Å². The summed E-state index contributed by atoms with van der Waals surface area (Å²) in [6, 6.07) is 3.63. The number of phenolic OH excluding ortho intramolecular Hbond substituents is 1. The molecule has 1 saturated heterocycles. The molecule has 9 nitrogen and oxygen atoms in total. The third kappa shape index (κ3) is 3.48. The number of benzene rings is 1. The second-order valence-electron chi connectivity index (χ2n) is 5.02. The van der Waals surface area contributed by atoms with Gasteiger partial charge in [-0.05, 0) is 24.1 Å². The molecular weight excluding hydrogens is 330 g/mol. The number of phenols is 1. The molecule has 1 aromatic rings. The van der Waals surface area contributed by atoms with E-state index in [9.17, 15) is 33.0 Å². The van der Waals surface area contributed by atoms with Gasteiger partial charge in [0.05, 0.1) is 18.4 Å². The smallest absolute Gasteiger partial charge is 0.277 e. The van der Waals surface area contributed by atoms with Crippen LogP contribution >= 0.6 is 0 Å². The Kier molecular flexibility index (Phi) is 4.39. The predicted octanol–water partition coefficient (Wildman–Crippen LogP) is -1.93. The lowest BCUT2D eigenvalue weighted by atomic mass is 10.0. The molecule has 2 unspecified atom stereocenters. The number of aromatic hydroxyl groups is 1. The van der Waals surface area contributed by atoms with Gasteiger partial charge in [0.15, 0.2) is 5.25 Å². The molecule has 2 amide bonds. The number of nitrogens with zero attached hydrogens (tertiary/aromatic N) is 1. The number of carbonyl (C=O) groups is 3. The fraction of sp³-hybridized carbons (Fsp3) is 0.308. The number of aliphatic carboxylic acids is 1. The highest BCUT2D eigenvalue weighted by Gasteiger charge is 2.48. The van der Waals surface area contributed by atoms with Crippen molar-refractivity contribution in [1.29, 1.82) is 0 Å². The molecule has 0 saturated carbocycles. The molecule has 124 valence electrons. The summed E-state index contributed by atoms with van der Waals surface area (Å²) in [6.45, 7) is 0. The molecular formula is C13H12NO8S-. The maximum Gasteiger partial charge on any atom is 0.277 e. The van der Waals surface area contributed by atoms with E-state index in [1.165, 1.54) is 24.3 Å². The van der Waals surface area contributed by atoms with E-state index in [0.29, 0.717) is 10.5 Å². The van der Waals surface area contributed by atoms with E-state index < -0.39 is 45.6 Å². The van der Waals surface area contributed by atoms with E-state index in [1.807, 2.05) is 0 Å². The van der Waals surface area contributed by atoms with Gasteiger partial charge in [0, 0.05) is 0 Å². The zero-order valence-electron chi connectivity index (χ0n) is 11.6. The summed E-state index contributed by atoms with van der Waals surface area (Å²) >= 11 is 0. The second-order valence-corrected chi connectivity index (χ2v) is 6.61. The van der Waals surface area contributed by atoms with E-state index in [4.69, 9.17) is 4.55 Å². The minimum atomic E-state index is -4.81. The zero-order chi connectivity index (χ0) is 17.4. The summed E-state index contributed by atoms with van der Waals surface area (Å²) in [5.41, 5.74) is 0.382. The number of carboxylic acids is 1. The highest BCUT2D eigenvalue weighted by Crippen LogP contribution is 2.23. The molecule has 2 N–H and O–H groups in total. The van der Waals surface area contributed by atoms with Crippen molar-refractivity contribution in [2.24, 2.45) is 0 Å². The maximum atomic E-state index is 12.0. The first-order chi connectivity index (χ1) is 10.6. The Bertz CT molecular complexity index is 755. The SMILES string of the molecule is O=C([O-])C(Cc1ccc(O)cc1)N1C(=O)CC(S(=O)(=O)O)C1=O. The Labute approximate surface area is 130 Å². The molecule has 0 aliphatic carbocycles. The Morgan fingerprint density at radius 3 is 2.30 bits per heavy atom. The van der Waals surface area contributed by atoms with Crippen molar-refractivity contribution in [2.45, 2.75) is 24.1 Å². The highest BCUT2D eigenvalue weighted by molar-refractivity contribution is 7.87. The fourth-order valence-electron chi connectivity index (χ4n) is 2.32. The fourth-order valence-corrected chi connectivity index (χ4v) is 3.04. The van der Waals surface area contributed by atoms with Gasteiger partial charge in [-0.2, -0.15) is 8.42 Å². The zero-order valence-corrected chi connectivity index (χ0v) is 12.4. The predicted molar refractivity (Wildman–Crippen MR) is 72.4 cm³/mol. The van der Waals surface area contributed by atoms with Crippen molar-refractivity contribution >= 4 is 27.9 Å². The first kappa shape index (κ1) is 16.9. The number of carboxylic acid groups (broad SMARTS) is 1. The molecule has 10 heteroatoms. The summed E-state index contributed by atoms with van der Waals surface area (Å²) in [5, 5.41) is 18.5. The molecule has 2 atom stereocenters. The van der Waals surface area contributed by atoms with Gasteiger partial charge >= 0.3 is 0 Å². The quantitative estimate of drug-likeness (QED) is 0.463. The molecule has 1 aliphatic heterocycles. The van der Waals surface area contributed by atoms with Crippen LogP contribution in [0.25, 0.3) is 0 Å². The summed E-state index contributed by atoms with van der Waals surface area (Å²) in [7, 11) is -4.81. The van der Waals surface area contributed by atoms with Crippen molar-refractivity contribution < 1.29 is 37.6 Å². The van der Waals surface area contributed by atoms with Gasteiger partial charge in [0.25, 0.3) is 16.0 Å². The first-order valence-electron chi connectivity index (χ1n) is 6.42. The number of amides is 2. The van der Waals surface area contributed by atoms with Gasteiger partial charge in [-0.3, -0.25) is 19.0 Å². The Balaban J connectivity index is 2.31. The van der Waals surface area contributed by atoms with Gasteiger partial charge in [0.1, 0.15) is 5.75 Å². The molecule has 1 aromatic carbocycles. The van der Waals surface area contributed by atoms with Crippen LogP contribution in [0.15, 0.2) is 24.3 Å². The van der Waals surface area contributed by atoms with Crippen LogP contribution in [0.1, 0.15) is 12.0 Å². The van der Waals surface area contributed by atoms with E-state index in [1.54, 1.807) is 0 Å². The minimum Gasteiger partial charge on any atom is -0.548 e. The summed E-state index contributed by atoms with van der Waals surface area (Å²) < 4.78 is 31.1. The van der Waals surface area contributed by atoms with Gasteiger partial charge in [0.2, 0.25) is 5.91 Å². The number of carbonyl (C=O) groups excluding carboxylic acids is 3. The molecule has 0 aromatic heterocycles. The Morgan fingerprint density at radius 1 is 1.30 bits per heavy atom. The van der Waals surface area contributed by atoms with Gasteiger partial charge in [-0.15, -0.1) is 0 Å². The number of rotatable bonds is 5. The lowest BCUT2D eigenvalue weighted by Crippen LogP contribution is -2.52. The lowest BCUT2D eigenvalue weighted by molar-refractivity contribution is -0.310. The average Bonchev–Trinajstić information content (AvgIpc) is 2.73. The number of imide groups is 1. The molecule has 0 bridgehead atoms. The summed E-state index contributed by atoms with van der Waals surface area (Å²) in [6.07, 6.45) is -1.14. The number of likely N-dealkylation sites (tertiary alicyclic amines) is 1. The second kappa shape index (κ2) is 5.97. The molecule has 1 heterocycles. The molecule has 0 spiro atoms. The monoisotopic (exact) mass is 342 g/mol. The molecule has 1 aliphatic rings. The van der Waals surface area contributed by atoms with Crippen LogP contribution in [0.3, 0.4) is 0 Å². The van der Waals surface area contributed by atoms with Crippen LogP contribution in [-0.4, -0.2) is 52.1 Å². The standard InChI is InChI=1S/C13H13NO8S/c15-8-3-1-7(2-4-8)5-9(13(18)19)14-11(16)6-10(12(14)17)23(20,21)22/h1-4,9-10,15H,5-6H2,(H,18,19)(H,20,21,22)/p-1. The summed E-state index contributed by atoms with van der Waals surface area (Å²) in [4.78, 5) is 35.4. The minimum absolute atomic E-state index is 0.0569. The summed E-state index contributed by atoms with van der Waals surface area (Å²) in [5.74, 6) is -4.12. The molecule has 0 radical (unpaired) electrons. The lowest BCUT2D eigenvalue weighted by Gasteiger charge is -2.27. The largest absolute Gasteiger partial charge is 0.548 e. The first-order valence-corrected chi connectivity index (χ1v) is 7.92. The van der Waals surface area contributed by atoms with Crippen molar-refractivity contribution in [2.75, 3.05) is 0 Å². The van der Waals surface area contributed by atoms with Crippen molar-refractivity contribution in [1.82, 2.24) is 4.90 Å². The van der Waals surface area contributed by atoms with Crippen LogP contribution in [0.4, 0.5) is 0 Å². The Hall–Kier alpha value is -2.46. The van der Waals surface area contributed by atoms with Crippen molar-refractivity contribution in [3.8, 4) is 5.75 Å². The van der Waals surface area contributed by atoms with Gasteiger partial charge < -0.3 is 15.0 Å². The van der Waals surface area contributed by atoms with Crippen LogP contribution in [0, 0.1) is 0 Å².